The van der Waals surface area contributed by atoms with Crippen LogP contribution in [-0.2, 0) is 0 Å². The van der Waals surface area contributed by atoms with E-state index in [2.05, 4.69) is 0 Å². The zero-order valence-corrected chi connectivity index (χ0v) is 12.1. The summed E-state index contributed by atoms with van der Waals surface area (Å²) in [6.45, 7) is 0. The molecule has 0 heterocycles. The Hall–Kier alpha value is -3.27. The van der Waals surface area contributed by atoms with Gasteiger partial charge in [0.25, 0.3) is 0 Å². The molecule has 0 atom stereocenters. The normalized spacial score (nSPS) is 10.3. The molecular weight excluding hydrogens is 292 g/mol. The molecule has 0 saturated heterocycles. The van der Waals surface area contributed by atoms with Crippen LogP contribution in [-0.4, -0.2) is 16.2 Å². The number of benzene rings is 3. The van der Waals surface area contributed by atoms with E-state index in [1.54, 1.807) is 12.1 Å². The molecule has 0 amide bonds. The molecule has 2 N–H and O–H groups in total. The van der Waals surface area contributed by atoms with Crippen molar-refractivity contribution in [3.63, 3.8) is 0 Å². The van der Waals surface area contributed by atoms with Gasteiger partial charge in [0.15, 0.2) is 0 Å². The minimum atomic E-state index is -0.534. The number of aromatic hydroxyl groups is 2. The second-order valence-corrected chi connectivity index (χ2v) is 4.98. The maximum absolute atomic E-state index is 12.2. The van der Waals surface area contributed by atoms with Gasteiger partial charge in [0, 0.05) is 5.56 Å². The topological polar surface area (TPSA) is 66.8 Å². The first-order valence-corrected chi connectivity index (χ1v) is 7.03. The standard InChI is InChI=1S/C19H14O4/c20-15-8-6-14(7-9-15)19(22)23-18-11-10-16(21)12-17(18)13-4-2-1-3-5-13/h1-12,20-21H. The Bertz CT molecular complexity index is 824. The molecule has 0 aliphatic rings. The molecular formula is C19H14O4. The lowest BCUT2D eigenvalue weighted by Crippen LogP contribution is -2.08. The fourth-order valence-corrected chi connectivity index (χ4v) is 2.21. The summed E-state index contributed by atoms with van der Waals surface area (Å²) in [7, 11) is 0. The maximum Gasteiger partial charge on any atom is 0.343 e. The Morgan fingerprint density at radius 2 is 1.43 bits per heavy atom. The average Bonchev–Trinajstić information content (AvgIpc) is 2.58. The highest BCUT2D eigenvalue weighted by molar-refractivity contribution is 5.92. The van der Waals surface area contributed by atoms with Gasteiger partial charge < -0.3 is 14.9 Å². The van der Waals surface area contributed by atoms with Crippen LogP contribution in [0.4, 0.5) is 0 Å². The van der Waals surface area contributed by atoms with E-state index in [1.807, 2.05) is 30.3 Å². The summed E-state index contributed by atoms with van der Waals surface area (Å²) in [5.41, 5.74) is 1.78. The first kappa shape index (κ1) is 14.7. The number of ether oxygens (including phenoxy) is 1. The van der Waals surface area contributed by atoms with Gasteiger partial charge in [0.05, 0.1) is 5.56 Å². The minimum absolute atomic E-state index is 0.0798. The molecule has 0 radical (unpaired) electrons. The number of carbonyl (C=O) groups is 1. The molecule has 3 rings (SSSR count). The molecule has 0 aliphatic heterocycles. The Balaban J connectivity index is 1.94. The van der Waals surface area contributed by atoms with Crippen molar-refractivity contribution in [2.24, 2.45) is 0 Å². The first-order valence-electron chi connectivity index (χ1n) is 7.03. The minimum Gasteiger partial charge on any atom is -0.508 e. The van der Waals surface area contributed by atoms with E-state index in [4.69, 9.17) is 4.74 Å². The van der Waals surface area contributed by atoms with Crippen molar-refractivity contribution >= 4 is 5.97 Å². The lowest BCUT2D eigenvalue weighted by Gasteiger charge is -2.11. The molecule has 0 fully saturated rings. The summed E-state index contributed by atoms with van der Waals surface area (Å²) >= 11 is 0. The third-order valence-corrected chi connectivity index (χ3v) is 3.35. The van der Waals surface area contributed by atoms with Crippen molar-refractivity contribution in [3.05, 3.63) is 78.4 Å². The van der Waals surface area contributed by atoms with Crippen molar-refractivity contribution in [1.82, 2.24) is 0 Å². The quantitative estimate of drug-likeness (QED) is 0.567. The van der Waals surface area contributed by atoms with Crippen LogP contribution in [0.5, 0.6) is 17.2 Å². The molecule has 0 spiro atoms. The largest absolute Gasteiger partial charge is 0.508 e. The Kier molecular flexibility index (Phi) is 3.97. The summed E-state index contributed by atoms with van der Waals surface area (Å²) < 4.78 is 5.45. The first-order chi connectivity index (χ1) is 11.1. The summed E-state index contributed by atoms with van der Waals surface area (Å²) in [4.78, 5) is 12.2. The van der Waals surface area contributed by atoms with E-state index < -0.39 is 5.97 Å². The van der Waals surface area contributed by atoms with Crippen molar-refractivity contribution in [3.8, 4) is 28.4 Å². The zero-order chi connectivity index (χ0) is 16.2. The van der Waals surface area contributed by atoms with Crippen molar-refractivity contribution in [2.75, 3.05) is 0 Å². The van der Waals surface area contributed by atoms with Gasteiger partial charge in [-0.3, -0.25) is 0 Å². The zero-order valence-electron chi connectivity index (χ0n) is 12.1. The molecule has 0 unspecified atom stereocenters. The molecule has 114 valence electrons. The van der Waals surface area contributed by atoms with Gasteiger partial charge in [-0.15, -0.1) is 0 Å². The van der Waals surface area contributed by atoms with Crippen molar-refractivity contribution in [1.29, 1.82) is 0 Å². The highest BCUT2D eigenvalue weighted by Crippen LogP contribution is 2.33. The van der Waals surface area contributed by atoms with Crippen LogP contribution in [0.25, 0.3) is 11.1 Å². The van der Waals surface area contributed by atoms with E-state index in [1.165, 1.54) is 30.3 Å². The molecule has 0 aliphatic carbocycles. The third-order valence-electron chi connectivity index (χ3n) is 3.35. The number of rotatable bonds is 3. The van der Waals surface area contributed by atoms with E-state index >= 15 is 0 Å². The van der Waals surface area contributed by atoms with Crippen molar-refractivity contribution < 1.29 is 19.7 Å². The number of hydrogen-bond donors (Lipinski definition) is 2. The molecule has 4 nitrogen and oxygen atoms in total. The summed E-state index contributed by atoms with van der Waals surface area (Å²) in [6, 6.07) is 19.7. The average molecular weight is 306 g/mol. The number of phenols is 2. The number of esters is 1. The Labute approximate surface area is 133 Å². The van der Waals surface area contributed by atoms with Crippen LogP contribution in [0, 0.1) is 0 Å². The predicted molar refractivity (Wildman–Crippen MR) is 86.6 cm³/mol. The van der Waals surface area contributed by atoms with Crippen LogP contribution in [0.3, 0.4) is 0 Å². The molecule has 0 bridgehead atoms. The summed E-state index contributed by atoms with van der Waals surface area (Å²) in [6.07, 6.45) is 0. The highest BCUT2D eigenvalue weighted by Gasteiger charge is 2.13. The molecule has 3 aromatic rings. The van der Waals surface area contributed by atoms with Gasteiger partial charge in [-0.25, -0.2) is 4.79 Å². The van der Waals surface area contributed by atoms with Gasteiger partial charge in [-0.1, -0.05) is 30.3 Å². The fourth-order valence-electron chi connectivity index (χ4n) is 2.21. The molecule has 0 saturated carbocycles. The lowest BCUT2D eigenvalue weighted by molar-refractivity contribution is 0.0735. The maximum atomic E-state index is 12.2. The third kappa shape index (κ3) is 3.32. The Morgan fingerprint density at radius 3 is 2.13 bits per heavy atom. The molecule has 4 heteroatoms. The smallest absolute Gasteiger partial charge is 0.343 e. The van der Waals surface area contributed by atoms with E-state index in [-0.39, 0.29) is 11.5 Å². The van der Waals surface area contributed by atoms with Crippen LogP contribution in [0.15, 0.2) is 72.8 Å². The summed E-state index contributed by atoms with van der Waals surface area (Å²) in [5.74, 6) is -0.00982. The second-order valence-electron chi connectivity index (χ2n) is 4.98. The van der Waals surface area contributed by atoms with Gasteiger partial charge in [0.2, 0.25) is 0 Å². The van der Waals surface area contributed by atoms with E-state index in [0.29, 0.717) is 16.9 Å². The van der Waals surface area contributed by atoms with Gasteiger partial charge in [0.1, 0.15) is 17.2 Å². The van der Waals surface area contributed by atoms with Gasteiger partial charge in [-0.05, 0) is 48.0 Å². The SMILES string of the molecule is O=C(Oc1ccc(O)cc1-c1ccccc1)c1ccc(O)cc1. The van der Waals surface area contributed by atoms with Gasteiger partial charge in [-0.2, -0.15) is 0 Å². The van der Waals surface area contributed by atoms with Crippen LogP contribution < -0.4 is 4.74 Å². The lowest BCUT2D eigenvalue weighted by atomic mass is 10.0. The van der Waals surface area contributed by atoms with E-state index in [0.717, 1.165) is 5.56 Å². The molecule has 3 aromatic carbocycles. The number of hydrogen-bond acceptors (Lipinski definition) is 4. The second kappa shape index (κ2) is 6.23. The van der Waals surface area contributed by atoms with Crippen molar-refractivity contribution in [2.45, 2.75) is 0 Å². The Morgan fingerprint density at radius 1 is 0.783 bits per heavy atom. The predicted octanol–water partition coefficient (Wildman–Crippen LogP) is 3.98. The summed E-state index contributed by atoms with van der Waals surface area (Å²) in [5, 5.41) is 19.0. The van der Waals surface area contributed by atoms with Crippen LogP contribution in [0.2, 0.25) is 0 Å². The van der Waals surface area contributed by atoms with E-state index in [9.17, 15) is 15.0 Å². The fraction of sp³-hybridized carbons (Fsp3) is 0. The van der Waals surface area contributed by atoms with Gasteiger partial charge >= 0.3 is 5.97 Å². The molecule has 23 heavy (non-hydrogen) atoms. The van der Waals surface area contributed by atoms with Crippen LogP contribution >= 0.6 is 0 Å². The van der Waals surface area contributed by atoms with Crippen LogP contribution in [0.1, 0.15) is 10.4 Å². The number of phenolic OH excluding ortho intramolecular Hbond substituents is 2. The highest BCUT2D eigenvalue weighted by atomic mass is 16.5. The monoisotopic (exact) mass is 306 g/mol. The number of carbonyl (C=O) groups excluding carboxylic acids is 1. The molecule has 0 aromatic heterocycles.